The van der Waals surface area contributed by atoms with Gasteiger partial charge in [-0.2, -0.15) is 0 Å². The molecule has 11 heavy (non-hydrogen) atoms. The minimum atomic E-state index is -0.886. The second-order valence-corrected chi connectivity index (χ2v) is 2.02. The maximum Gasteiger partial charge on any atom is 0.331 e. The quantitative estimate of drug-likeness (QED) is 0.380. The summed E-state index contributed by atoms with van der Waals surface area (Å²) in [5.41, 5.74) is 0.359. The van der Waals surface area contributed by atoms with E-state index in [1.807, 2.05) is 6.92 Å². The molecule has 0 rings (SSSR count). The summed E-state index contributed by atoms with van der Waals surface area (Å²) in [4.78, 5) is 10.4. The van der Waals surface area contributed by atoms with E-state index in [-0.39, 0.29) is 0 Å². The average molecular weight is 152 g/mol. The number of hydrogen-bond acceptors (Lipinski definition) is 1. The molecule has 2 nitrogen and oxygen atoms in total. The van der Waals surface area contributed by atoms with Crippen LogP contribution in [0, 0.1) is 0 Å². The lowest BCUT2D eigenvalue weighted by molar-refractivity contribution is -0.132. The third kappa shape index (κ3) is 4.14. The van der Waals surface area contributed by atoms with Gasteiger partial charge in [-0.25, -0.2) is 4.79 Å². The number of aliphatic carboxylic acids is 1. The molecule has 0 saturated carbocycles. The predicted octanol–water partition coefficient (Wildman–Crippen LogP) is 2.15. The number of carboxylic acids is 1. The fourth-order valence-electron chi connectivity index (χ4n) is 0.595. The Morgan fingerprint density at radius 1 is 1.64 bits per heavy atom. The van der Waals surface area contributed by atoms with Crippen LogP contribution in [-0.2, 0) is 4.79 Å². The van der Waals surface area contributed by atoms with E-state index in [2.05, 4.69) is 6.58 Å². The molecule has 0 fully saturated rings. The van der Waals surface area contributed by atoms with Crippen molar-refractivity contribution in [3.05, 3.63) is 36.5 Å². The highest BCUT2D eigenvalue weighted by Gasteiger charge is 2.01. The summed E-state index contributed by atoms with van der Waals surface area (Å²) in [6.45, 7) is 5.30. The first-order chi connectivity index (χ1) is 5.22. The molecule has 0 aromatic heterocycles. The minimum Gasteiger partial charge on any atom is -0.478 e. The molecule has 60 valence electrons. The van der Waals surface area contributed by atoms with Gasteiger partial charge in [-0.1, -0.05) is 24.3 Å². The van der Waals surface area contributed by atoms with Crippen molar-refractivity contribution in [2.45, 2.75) is 13.3 Å². The largest absolute Gasteiger partial charge is 0.478 e. The van der Waals surface area contributed by atoms with Gasteiger partial charge in [-0.3, -0.25) is 0 Å². The van der Waals surface area contributed by atoms with E-state index in [0.717, 1.165) is 0 Å². The lowest BCUT2D eigenvalue weighted by Crippen LogP contribution is -1.98. The summed E-state index contributed by atoms with van der Waals surface area (Å²) in [6.07, 6.45) is 7.03. The first-order valence-electron chi connectivity index (χ1n) is 3.38. The number of rotatable bonds is 4. The van der Waals surface area contributed by atoms with Crippen molar-refractivity contribution in [2.75, 3.05) is 0 Å². The third-order valence-corrected chi connectivity index (χ3v) is 1.13. The maximum absolute atomic E-state index is 10.4. The number of allylic oxidation sites excluding steroid dienone is 4. The third-order valence-electron chi connectivity index (χ3n) is 1.13. The number of carbonyl (C=O) groups is 1. The van der Waals surface area contributed by atoms with Crippen molar-refractivity contribution in [3.8, 4) is 0 Å². The fraction of sp³-hybridized carbons (Fsp3) is 0.222. The molecule has 1 N–H and O–H groups in total. The first-order valence-corrected chi connectivity index (χ1v) is 3.38. The lowest BCUT2D eigenvalue weighted by atomic mass is 10.2. The molecule has 0 heterocycles. The zero-order valence-electron chi connectivity index (χ0n) is 6.58. The minimum absolute atomic E-state index is 0.359. The average Bonchev–Trinajstić information content (AvgIpc) is 1.97. The van der Waals surface area contributed by atoms with Gasteiger partial charge in [0.1, 0.15) is 0 Å². The van der Waals surface area contributed by atoms with Crippen LogP contribution in [-0.4, -0.2) is 11.1 Å². The van der Waals surface area contributed by atoms with Crippen LogP contribution in [0.1, 0.15) is 13.3 Å². The Balaban J connectivity index is 4.31. The second kappa shape index (κ2) is 5.47. The van der Waals surface area contributed by atoms with Crippen molar-refractivity contribution in [1.29, 1.82) is 0 Å². The van der Waals surface area contributed by atoms with Crippen LogP contribution in [0.3, 0.4) is 0 Å². The second-order valence-electron chi connectivity index (χ2n) is 2.02. The van der Waals surface area contributed by atoms with Crippen LogP contribution in [0.5, 0.6) is 0 Å². The first kappa shape index (κ1) is 9.69. The summed E-state index contributed by atoms with van der Waals surface area (Å²) < 4.78 is 0. The van der Waals surface area contributed by atoms with E-state index in [1.165, 1.54) is 0 Å². The van der Waals surface area contributed by atoms with Gasteiger partial charge < -0.3 is 5.11 Å². The molecule has 0 bridgehead atoms. The monoisotopic (exact) mass is 152 g/mol. The van der Waals surface area contributed by atoms with Gasteiger partial charge in [0.15, 0.2) is 0 Å². The zero-order valence-corrected chi connectivity index (χ0v) is 6.58. The molecule has 0 amide bonds. The number of hydrogen-bond donors (Lipinski definition) is 1. The van der Waals surface area contributed by atoms with Gasteiger partial charge >= 0.3 is 5.97 Å². The molecule has 0 spiro atoms. The van der Waals surface area contributed by atoms with E-state index in [1.54, 1.807) is 24.3 Å². The normalized spacial score (nSPS) is 11.9. The molecule has 0 unspecified atom stereocenters. The molecule has 0 aromatic carbocycles. The van der Waals surface area contributed by atoms with E-state index in [0.29, 0.717) is 12.0 Å². The molecular formula is C9H12O2. The van der Waals surface area contributed by atoms with Crippen LogP contribution in [0.15, 0.2) is 36.5 Å². The highest BCUT2D eigenvalue weighted by Crippen LogP contribution is 2.01. The van der Waals surface area contributed by atoms with E-state index >= 15 is 0 Å². The Morgan fingerprint density at radius 3 is 2.64 bits per heavy atom. The van der Waals surface area contributed by atoms with Gasteiger partial charge in [0, 0.05) is 5.57 Å². The Morgan fingerprint density at radius 2 is 2.27 bits per heavy atom. The summed E-state index contributed by atoms with van der Waals surface area (Å²) >= 11 is 0. The fourth-order valence-corrected chi connectivity index (χ4v) is 0.595. The highest BCUT2D eigenvalue weighted by molar-refractivity contribution is 5.87. The lowest BCUT2D eigenvalue weighted by Gasteiger charge is -1.93. The van der Waals surface area contributed by atoms with E-state index in [4.69, 9.17) is 5.11 Å². The van der Waals surface area contributed by atoms with Gasteiger partial charge in [0.2, 0.25) is 0 Å². The zero-order chi connectivity index (χ0) is 8.69. The van der Waals surface area contributed by atoms with Crippen LogP contribution in [0.25, 0.3) is 0 Å². The van der Waals surface area contributed by atoms with Crippen molar-refractivity contribution in [2.24, 2.45) is 0 Å². The predicted molar refractivity (Wildman–Crippen MR) is 45.3 cm³/mol. The van der Waals surface area contributed by atoms with Crippen LogP contribution in [0.2, 0.25) is 0 Å². The molecule has 0 saturated heterocycles. The van der Waals surface area contributed by atoms with Gasteiger partial charge in [0.25, 0.3) is 0 Å². The molecule has 0 aliphatic carbocycles. The van der Waals surface area contributed by atoms with Crippen molar-refractivity contribution >= 4 is 5.97 Å². The molecule has 0 aromatic rings. The van der Waals surface area contributed by atoms with Crippen molar-refractivity contribution in [3.63, 3.8) is 0 Å². The van der Waals surface area contributed by atoms with Crippen LogP contribution < -0.4 is 0 Å². The molecule has 0 aliphatic rings. The molecule has 2 heteroatoms. The topological polar surface area (TPSA) is 37.3 Å². The Labute approximate surface area is 66.5 Å². The summed E-state index contributed by atoms with van der Waals surface area (Å²) in [7, 11) is 0. The summed E-state index contributed by atoms with van der Waals surface area (Å²) in [6, 6.07) is 0. The van der Waals surface area contributed by atoms with Crippen molar-refractivity contribution < 1.29 is 9.90 Å². The Bertz CT molecular complexity index is 200. The molecule has 0 aliphatic heterocycles. The van der Waals surface area contributed by atoms with Gasteiger partial charge in [-0.05, 0) is 13.3 Å². The Kier molecular flexibility index (Phi) is 4.82. The van der Waals surface area contributed by atoms with E-state index < -0.39 is 5.97 Å². The maximum atomic E-state index is 10.4. The van der Waals surface area contributed by atoms with Crippen molar-refractivity contribution in [1.82, 2.24) is 0 Å². The van der Waals surface area contributed by atoms with E-state index in [9.17, 15) is 4.79 Å². The molecule has 0 radical (unpaired) electrons. The standard InChI is InChI=1S/C9H12O2/c1-3-5-7-8(6-4-2)9(10)11/h3-5,7H,2,6H2,1H3,(H,10,11)/b5-3+,8-7+. The molecular weight excluding hydrogens is 140 g/mol. The Hall–Kier alpha value is -1.31. The van der Waals surface area contributed by atoms with Crippen LogP contribution >= 0.6 is 0 Å². The smallest absolute Gasteiger partial charge is 0.331 e. The SMILES string of the molecule is C=CC/C(=C\C=C\C)C(=O)O. The van der Waals surface area contributed by atoms with Crippen LogP contribution in [0.4, 0.5) is 0 Å². The highest BCUT2D eigenvalue weighted by atomic mass is 16.4. The summed E-state index contributed by atoms with van der Waals surface area (Å²) in [5, 5.41) is 8.58. The number of carboxylic acid groups (broad SMARTS) is 1. The van der Waals surface area contributed by atoms with Gasteiger partial charge in [-0.15, -0.1) is 6.58 Å². The molecule has 0 atom stereocenters. The van der Waals surface area contributed by atoms with Gasteiger partial charge in [0.05, 0.1) is 0 Å². The summed E-state index contributed by atoms with van der Waals surface area (Å²) in [5.74, 6) is -0.886.